The third kappa shape index (κ3) is 7.91. The summed E-state index contributed by atoms with van der Waals surface area (Å²) in [7, 11) is 0. The number of benzene rings is 1. The summed E-state index contributed by atoms with van der Waals surface area (Å²) in [4.78, 5) is 0. The van der Waals surface area contributed by atoms with Crippen molar-refractivity contribution in [1.82, 2.24) is 5.32 Å². The van der Waals surface area contributed by atoms with E-state index in [2.05, 4.69) is 29.6 Å². The lowest BCUT2D eigenvalue weighted by Crippen LogP contribution is -2.24. The molecule has 0 aromatic heterocycles. The summed E-state index contributed by atoms with van der Waals surface area (Å²) >= 11 is 0. The fourth-order valence-electron chi connectivity index (χ4n) is 1.49. The van der Waals surface area contributed by atoms with Crippen molar-refractivity contribution in [2.24, 2.45) is 0 Å². The Kier molecular flexibility index (Phi) is 8.55. The first-order valence-electron chi connectivity index (χ1n) is 6.33. The van der Waals surface area contributed by atoms with Crippen molar-refractivity contribution in [3.8, 4) is 0 Å². The Morgan fingerprint density at radius 2 is 1.65 bits per heavy atom. The van der Waals surface area contributed by atoms with Gasteiger partial charge in [0.2, 0.25) is 0 Å². The van der Waals surface area contributed by atoms with Crippen LogP contribution in [-0.2, 0) is 15.9 Å². The summed E-state index contributed by atoms with van der Waals surface area (Å²) in [6.45, 7) is 6.91. The van der Waals surface area contributed by atoms with Gasteiger partial charge in [0, 0.05) is 19.7 Å². The monoisotopic (exact) mass is 237 g/mol. The highest BCUT2D eigenvalue weighted by Crippen LogP contribution is 1.99. The van der Waals surface area contributed by atoms with Crippen molar-refractivity contribution in [3.05, 3.63) is 35.9 Å². The van der Waals surface area contributed by atoms with E-state index in [1.54, 1.807) is 0 Å². The summed E-state index contributed by atoms with van der Waals surface area (Å²) < 4.78 is 10.8. The topological polar surface area (TPSA) is 30.5 Å². The molecule has 0 radical (unpaired) electrons. The summed E-state index contributed by atoms with van der Waals surface area (Å²) in [6.07, 6.45) is 0.986. The highest BCUT2D eigenvalue weighted by molar-refractivity contribution is 5.14. The zero-order valence-corrected chi connectivity index (χ0v) is 10.7. The van der Waals surface area contributed by atoms with Crippen LogP contribution >= 0.6 is 0 Å². The minimum absolute atomic E-state index is 0.763. The fourth-order valence-corrected chi connectivity index (χ4v) is 1.49. The number of rotatable bonds is 10. The molecule has 1 N–H and O–H groups in total. The van der Waals surface area contributed by atoms with Gasteiger partial charge in [-0.25, -0.2) is 0 Å². The van der Waals surface area contributed by atoms with Crippen molar-refractivity contribution in [2.75, 3.05) is 39.5 Å². The van der Waals surface area contributed by atoms with Crippen molar-refractivity contribution >= 4 is 0 Å². The van der Waals surface area contributed by atoms with Crippen LogP contribution < -0.4 is 5.32 Å². The Bertz CT molecular complexity index is 264. The highest BCUT2D eigenvalue weighted by atomic mass is 16.5. The van der Waals surface area contributed by atoms with Gasteiger partial charge in [-0.2, -0.15) is 0 Å². The summed E-state index contributed by atoms with van der Waals surface area (Å²) in [5, 5.41) is 3.27. The Morgan fingerprint density at radius 1 is 0.941 bits per heavy atom. The van der Waals surface area contributed by atoms with Gasteiger partial charge in [0.25, 0.3) is 0 Å². The Morgan fingerprint density at radius 3 is 2.35 bits per heavy atom. The van der Waals surface area contributed by atoms with Crippen LogP contribution in [0.4, 0.5) is 0 Å². The van der Waals surface area contributed by atoms with Gasteiger partial charge in [0.1, 0.15) is 0 Å². The number of hydrogen-bond acceptors (Lipinski definition) is 3. The summed E-state index contributed by atoms with van der Waals surface area (Å²) in [5.74, 6) is 0. The van der Waals surface area contributed by atoms with Crippen LogP contribution in [0.1, 0.15) is 12.5 Å². The standard InChI is InChI=1S/C14H23NO2/c1-2-16-12-9-15-10-13-17-11-8-14-6-4-3-5-7-14/h3-7,15H,2,8-13H2,1H3. The van der Waals surface area contributed by atoms with Crippen LogP contribution in [0, 0.1) is 0 Å². The minimum Gasteiger partial charge on any atom is -0.380 e. The lowest BCUT2D eigenvalue weighted by Gasteiger charge is -2.06. The first kappa shape index (κ1) is 14.2. The van der Waals surface area contributed by atoms with Crippen LogP contribution in [0.3, 0.4) is 0 Å². The van der Waals surface area contributed by atoms with Gasteiger partial charge in [-0.15, -0.1) is 0 Å². The molecule has 1 aromatic rings. The van der Waals surface area contributed by atoms with E-state index in [0.29, 0.717) is 0 Å². The van der Waals surface area contributed by atoms with E-state index in [9.17, 15) is 0 Å². The maximum atomic E-state index is 5.54. The smallest absolute Gasteiger partial charge is 0.0591 e. The SMILES string of the molecule is CCOCCNCCOCCc1ccccc1. The minimum atomic E-state index is 0.763. The third-order valence-electron chi connectivity index (χ3n) is 2.43. The molecule has 3 nitrogen and oxygen atoms in total. The lowest BCUT2D eigenvalue weighted by atomic mass is 10.2. The average molecular weight is 237 g/mol. The molecule has 3 heteroatoms. The molecule has 0 atom stereocenters. The van der Waals surface area contributed by atoms with Crippen LogP contribution in [0.2, 0.25) is 0 Å². The van der Waals surface area contributed by atoms with Gasteiger partial charge in [0.15, 0.2) is 0 Å². The van der Waals surface area contributed by atoms with Crippen molar-refractivity contribution in [1.29, 1.82) is 0 Å². The molecular weight excluding hydrogens is 214 g/mol. The molecule has 0 saturated carbocycles. The van der Waals surface area contributed by atoms with Crippen LogP contribution in [-0.4, -0.2) is 39.5 Å². The molecule has 0 aliphatic rings. The van der Waals surface area contributed by atoms with E-state index in [1.165, 1.54) is 5.56 Å². The predicted octanol–water partition coefficient (Wildman–Crippen LogP) is 1.87. The predicted molar refractivity (Wildman–Crippen MR) is 70.3 cm³/mol. The Balaban J connectivity index is 1.85. The van der Waals surface area contributed by atoms with Crippen LogP contribution in [0.15, 0.2) is 30.3 Å². The molecule has 0 fully saturated rings. The quantitative estimate of drug-likeness (QED) is 0.630. The van der Waals surface area contributed by atoms with Gasteiger partial charge in [0.05, 0.1) is 19.8 Å². The molecule has 0 spiro atoms. The van der Waals surface area contributed by atoms with Gasteiger partial charge >= 0.3 is 0 Å². The highest BCUT2D eigenvalue weighted by Gasteiger charge is 1.92. The maximum Gasteiger partial charge on any atom is 0.0591 e. The van der Waals surface area contributed by atoms with E-state index in [0.717, 1.165) is 45.9 Å². The fraction of sp³-hybridized carbons (Fsp3) is 0.571. The molecule has 0 aliphatic carbocycles. The number of nitrogens with one attached hydrogen (secondary N) is 1. The number of ether oxygens (including phenoxy) is 2. The molecule has 17 heavy (non-hydrogen) atoms. The zero-order chi connectivity index (χ0) is 12.2. The van der Waals surface area contributed by atoms with Crippen LogP contribution in [0.5, 0.6) is 0 Å². The van der Waals surface area contributed by atoms with E-state index in [-0.39, 0.29) is 0 Å². The van der Waals surface area contributed by atoms with Gasteiger partial charge in [-0.1, -0.05) is 30.3 Å². The van der Waals surface area contributed by atoms with E-state index >= 15 is 0 Å². The normalized spacial score (nSPS) is 10.6. The van der Waals surface area contributed by atoms with Crippen molar-refractivity contribution in [3.63, 3.8) is 0 Å². The first-order chi connectivity index (χ1) is 8.43. The lowest BCUT2D eigenvalue weighted by molar-refractivity contribution is 0.128. The molecule has 96 valence electrons. The second kappa shape index (κ2) is 10.3. The Hall–Kier alpha value is -0.900. The maximum absolute atomic E-state index is 5.54. The molecule has 0 unspecified atom stereocenters. The van der Waals surface area contributed by atoms with Crippen molar-refractivity contribution in [2.45, 2.75) is 13.3 Å². The van der Waals surface area contributed by atoms with Gasteiger partial charge < -0.3 is 14.8 Å². The largest absolute Gasteiger partial charge is 0.380 e. The molecule has 1 aromatic carbocycles. The molecule has 0 saturated heterocycles. The molecule has 0 bridgehead atoms. The van der Waals surface area contributed by atoms with Gasteiger partial charge in [-0.05, 0) is 18.9 Å². The third-order valence-corrected chi connectivity index (χ3v) is 2.43. The zero-order valence-electron chi connectivity index (χ0n) is 10.7. The summed E-state index contributed by atoms with van der Waals surface area (Å²) in [6, 6.07) is 10.4. The Labute approximate surface area is 104 Å². The first-order valence-corrected chi connectivity index (χ1v) is 6.33. The molecule has 0 heterocycles. The van der Waals surface area contributed by atoms with Gasteiger partial charge in [-0.3, -0.25) is 0 Å². The summed E-state index contributed by atoms with van der Waals surface area (Å²) in [5.41, 5.74) is 1.33. The van der Waals surface area contributed by atoms with Crippen LogP contribution in [0.25, 0.3) is 0 Å². The number of hydrogen-bond donors (Lipinski definition) is 1. The van der Waals surface area contributed by atoms with Crippen molar-refractivity contribution < 1.29 is 9.47 Å². The van der Waals surface area contributed by atoms with E-state index < -0.39 is 0 Å². The molecule has 0 amide bonds. The molecule has 1 rings (SSSR count). The molecular formula is C14H23NO2. The second-order valence-corrected chi connectivity index (χ2v) is 3.79. The van der Waals surface area contributed by atoms with E-state index in [1.807, 2.05) is 13.0 Å². The second-order valence-electron chi connectivity index (χ2n) is 3.79. The average Bonchev–Trinajstić information content (AvgIpc) is 2.38. The van der Waals surface area contributed by atoms with E-state index in [4.69, 9.17) is 9.47 Å². The molecule has 0 aliphatic heterocycles.